The molecule has 1 N–H and O–H groups in total. The summed E-state index contributed by atoms with van der Waals surface area (Å²) in [6.07, 6.45) is 2.21. The number of ether oxygens (including phenoxy) is 6. The van der Waals surface area contributed by atoms with Crippen LogP contribution in [0.25, 0.3) is 0 Å². The van der Waals surface area contributed by atoms with Crippen LogP contribution in [-0.2, 0) is 38.0 Å². The molecule has 9 nitrogen and oxygen atoms in total. The molecule has 0 aromatic rings. The maximum absolute atomic E-state index is 11.6. The summed E-state index contributed by atoms with van der Waals surface area (Å²) in [5.74, 6) is -0.151. The summed E-state index contributed by atoms with van der Waals surface area (Å²) in [5, 5.41) is 2.69. The monoisotopic (exact) mass is 465 g/mol. The average Bonchev–Trinajstić information content (AvgIpc) is 2.79. The zero-order chi connectivity index (χ0) is 24.3. The first-order valence-corrected chi connectivity index (χ1v) is 11.8. The second-order valence-electron chi connectivity index (χ2n) is 6.88. The van der Waals surface area contributed by atoms with Crippen LogP contribution in [0.15, 0.2) is 0 Å². The summed E-state index contributed by atoms with van der Waals surface area (Å²) < 4.78 is 31.9. The first-order valence-electron chi connectivity index (χ1n) is 11.8. The van der Waals surface area contributed by atoms with E-state index in [9.17, 15) is 9.59 Å². The van der Waals surface area contributed by atoms with E-state index in [2.05, 4.69) is 12.2 Å². The molecular weight excluding hydrogens is 418 g/mol. The smallest absolute Gasteiger partial charge is 0.246 e. The van der Waals surface area contributed by atoms with Crippen molar-refractivity contribution in [3.8, 4) is 0 Å². The number of amides is 1. The Kier molecular flexibility index (Phi) is 28.9. The Bertz CT molecular complexity index is 407. The van der Waals surface area contributed by atoms with Crippen LogP contribution in [0.5, 0.6) is 0 Å². The molecule has 32 heavy (non-hydrogen) atoms. The molecular formula is C23H47NO8. The predicted molar refractivity (Wildman–Crippen MR) is 124 cm³/mol. The SMILES string of the molecule is CC.CCCCOCCOCCOCCOCC(=O)NCCOCCOCC(=O)C(C)C. The molecule has 0 unspecified atom stereocenters. The first kappa shape index (κ1) is 33.1. The van der Waals surface area contributed by atoms with Crippen LogP contribution in [-0.4, -0.2) is 97.5 Å². The molecule has 0 radical (unpaired) electrons. The van der Waals surface area contributed by atoms with Crippen LogP contribution in [0.4, 0.5) is 0 Å². The van der Waals surface area contributed by atoms with Crippen LogP contribution in [0.1, 0.15) is 47.5 Å². The van der Waals surface area contributed by atoms with Gasteiger partial charge in [-0.1, -0.05) is 41.0 Å². The summed E-state index contributed by atoms with van der Waals surface area (Å²) in [7, 11) is 0. The maximum atomic E-state index is 11.6. The number of unbranched alkanes of at least 4 members (excludes halogenated alkanes) is 1. The third kappa shape index (κ3) is 26.9. The van der Waals surface area contributed by atoms with Crippen molar-refractivity contribution in [2.45, 2.75) is 47.5 Å². The first-order chi connectivity index (χ1) is 15.6. The van der Waals surface area contributed by atoms with Gasteiger partial charge in [-0.25, -0.2) is 0 Å². The van der Waals surface area contributed by atoms with Crippen molar-refractivity contribution in [2.75, 3.05) is 85.8 Å². The molecule has 0 aliphatic heterocycles. The minimum atomic E-state index is -0.205. The summed E-state index contributed by atoms with van der Waals surface area (Å²) in [6, 6.07) is 0. The lowest BCUT2D eigenvalue weighted by molar-refractivity contribution is -0.128. The van der Waals surface area contributed by atoms with Crippen molar-refractivity contribution in [3.63, 3.8) is 0 Å². The summed E-state index contributed by atoms with van der Waals surface area (Å²) in [5.41, 5.74) is 0. The Balaban J connectivity index is 0. The van der Waals surface area contributed by atoms with Crippen molar-refractivity contribution in [1.82, 2.24) is 5.32 Å². The molecule has 1 amide bonds. The van der Waals surface area contributed by atoms with Crippen molar-refractivity contribution in [1.29, 1.82) is 0 Å². The Morgan fingerprint density at radius 2 is 1.09 bits per heavy atom. The van der Waals surface area contributed by atoms with Crippen LogP contribution in [0.3, 0.4) is 0 Å². The summed E-state index contributed by atoms with van der Waals surface area (Å²) in [4.78, 5) is 22.9. The van der Waals surface area contributed by atoms with Gasteiger partial charge in [0.05, 0.1) is 59.5 Å². The number of rotatable bonds is 23. The van der Waals surface area contributed by atoms with Crippen LogP contribution in [0, 0.1) is 5.92 Å². The number of hydrogen-bond acceptors (Lipinski definition) is 8. The minimum Gasteiger partial charge on any atom is -0.379 e. The zero-order valence-corrected chi connectivity index (χ0v) is 20.9. The molecule has 9 heteroatoms. The number of ketones is 1. The van der Waals surface area contributed by atoms with Gasteiger partial charge in [0.15, 0.2) is 5.78 Å². The van der Waals surface area contributed by atoms with E-state index < -0.39 is 0 Å². The third-order valence-corrected chi connectivity index (χ3v) is 3.82. The molecule has 0 heterocycles. The molecule has 0 rings (SSSR count). The van der Waals surface area contributed by atoms with E-state index >= 15 is 0 Å². The van der Waals surface area contributed by atoms with Gasteiger partial charge in [0.25, 0.3) is 0 Å². The van der Waals surface area contributed by atoms with Crippen molar-refractivity contribution >= 4 is 11.7 Å². The zero-order valence-electron chi connectivity index (χ0n) is 20.9. The highest BCUT2D eigenvalue weighted by Gasteiger charge is 2.06. The highest BCUT2D eigenvalue weighted by molar-refractivity contribution is 5.81. The van der Waals surface area contributed by atoms with Gasteiger partial charge < -0.3 is 33.7 Å². The second kappa shape index (κ2) is 27.9. The number of carbonyl (C=O) groups excluding carboxylic acids is 2. The third-order valence-electron chi connectivity index (χ3n) is 3.82. The lowest BCUT2D eigenvalue weighted by Gasteiger charge is -2.09. The van der Waals surface area contributed by atoms with E-state index in [1.807, 2.05) is 27.7 Å². The maximum Gasteiger partial charge on any atom is 0.246 e. The molecule has 0 atom stereocenters. The number of Topliss-reactive ketones (excluding diaryl/α,β-unsaturated/α-hetero) is 1. The molecule has 192 valence electrons. The average molecular weight is 466 g/mol. The predicted octanol–water partition coefficient (Wildman–Crippen LogP) is 2.25. The number of hydrogen-bond donors (Lipinski definition) is 1. The Morgan fingerprint density at radius 1 is 0.656 bits per heavy atom. The largest absolute Gasteiger partial charge is 0.379 e. The van der Waals surface area contributed by atoms with Gasteiger partial charge in [-0.2, -0.15) is 0 Å². The van der Waals surface area contributed by atoms with Gasteiger partial charge in [0, 0.05) is 19.1 Å². The van der Waals surface area contributed by atoms with Crippen molar-refractivity contribution in [3.05, 3.63) is 0 Å². The molecule has 0 bridgehead atoms. The normalized spacial score (nSPS) is 10.7. The molecule has 0 aromatic heterocycles. The Labute approximate surface area is 194 Å². The molecule has 0 aliphatic carbocycles. The van der Waals surface area contributed by atoms with Crippen LogP contribution >= 0.6 is 0 Å². The molecule has 0 saturated heterocycles. The van der Waals surface area contributed by atoms with Crippen LogP contribution < -0.4 is 5.32 Å². The number of nitrogens with one attached hydrogen (secondary N) is 1. The van der Waals surface area contributed by atoms with E-state index in [1.54, 1.807) is 0 Å². The lowest BCUT2D eigenvalue weighted by Crippen LogP contribution is -2.31. The standard InChI is InChI=1S/C21H41NO8.C2H6/c1-4-5-7-25-9-10-27-11-12-28-14-16-30-18-21(24)22-6-8-26-13-15-29-17-20(23)19(2)3;1-2/h19H,4-18H2,1-3H3,(H,22,24);1-2H3. The minimum absolute atomic E-state index is 0.0185. The summed E-state index contributed by atoms with van der Waals surface area (Å²) >= 11 is 0. The van der Waals surface area contributed by atoms with E-state index in [1.165, 1.54) is 0 Å². The fourth-order valence-corrected chi connectivity index (χ4v) is 1.94. The molecule has 0 aromatic carbocycles. The molecule has 0 saturated carbocycles. The van der Waals surface area contributed by atoms with Gasteiger partial charge in [0.2, 0.25) is 5.91 Å². The van der Waals surface area contributed by atoms with E-state index in [0.717, 1.165) is 19.4 Å². The van der Waals surface area contributed by atoms with Gasteiger partial charge in [0.1, 0.15) is 13.2 Å². The second-order valence-corrected chi connectivity index (χ2v) is 6.88. The van der Waals surface area contributed by atoms with Gasteiger partial charge in [-0.15, -0.1) is 0 Å². The molecule has 0 aliphatic rings. The van der Waals surface area contributed by atoms with E-state index in [-0.39, 0.29) is 30.8 Å². The fourth-order valence-electron chi connectivity index (χ4n) is 1.94. The number of carbonyl (C=O) groups is 2. The van der Waals surface area contributed by atoms with E-state index in [0.29, 0.717) is 66.0 Å². The topological polar surface area (TPSA) is 102 Å². The quantitative estimate of drug-likeness (QED) is 0.229. The summed E-state index contributed by atoms with van der Waals surface area (Å²) in [6.45, 7) is 15.1. The van der Waals surface area contributed by atoms with Gasteiger partial charge in [-0.3, -0.25) is 9.59 Å². The highest BCUT2D eigenvalue weighted by Crippen LogP contribution is 1.94. The Morgan fingerprint density at radius 3 is 1.59 bits per heavy atom. The van der Waals surface area contributed by atoms with Crippen LogP contribution in [0.2, 0.25) is 0 Å². The van der Waals surface area contributed by atoms with Gasteiger partial charge in [-0.05, 0) is 6.42 Å². The fraction of sp³-hybridized carbons (Fsp3) is 0.913. The van der Waals surface area contributed by atoms with E-state index in [4.69, 9.17) is 28.4 Å². The Hall–Kier alpha value is -1.10. The molecule has 0 spiro atoms. The van der Waals surface area contributed by atoms with Gasteiger partial charge >= 0.3 is 0 Å². The van der Waals surface area contributed by atoms with Crippen molar-refractivity contribution < 1.29 is 38.0 Å². The highest BCUT2D eigenvalue weighted by atomic mass is 16.6. The molecule has 0 fully saturated rings. The van der Waals surface area contributed by atoms with Crippen molar-refractivity contribution in [2.24, 2.45) is 5.92 Å². The lowest BCUT2D eigenvalue weighted by atomic mass is 10.1.